The van der Waals surface area contributed by atoms with Gasteiger partial charge in [0.1, 0.15) is 11.6 Å². The SMILES string of the molecule is O=C(Cc1ccccc1)NCC(=O)Nc1ccc(F)cc1F. The van der Waals surface area contributed by atoms with E-state index in [0.29, 0.717) is 6.07 Å². The molecule has 6 heteroatoms. The van der Waals surface area contributed by atoms with Crippen LogP contribution >= 0.6 is 0 Å². The van der Waals surface area contributed by atoms with Crippen molar-refractivity contribution in [2.24, 2.45) is 0 Å². The number of rotatable bonds is 5. The third kappa shape index (κ3) is 4.66. The number of benzene rings is 2. The van der Waals surface area contributed by atoms with Crippen molar-refractivity contribution in [3.05, 3.63) is 65.7 Å². The molecular formula is C16H14F2N2O2. The average molecular weight is 304 g/mol. The van der Waals surface area contributed by atoms with Crippen LogP contribution in [0.15, 0.2) is 48.5 Å². The summed E-state index contributed by atoms with van der Waals surface area (Å²) in [5.41, 5.74) is 0.689. The van der Waals surface area contributed by atoms with Crippen LogP contribution in [-0.2, 0) is 16.0 Å². The molecule has 0 aliphatic heterocycles. The van der Waals surface area contributed by atoms with E-state index >= 15 is 0 Å². The van der Waals surface area contributed by atoms with Gasteiger partial charge in [-0.2, -0.15) is 0 Å². The quantitative estimate of drug-likeness (QED) is 0.890. The monoisotopic (exact) mass is 304 g/mol. The molecule has 4 nitrogen and oxygen atoms in total. The van der Waals surface area contributed by atoms with Crippen LogP contribution in [0.3, 0.4) is 0 Å². The van der Waals surface area contributed by atoms with E-state index < -0.39 is 17.5 Å². The summed E-state index contributed by atoms with van der Waals surface area (Å²) in [5.74, 6) is -2.51. The van der Waals surface area contributed by atoms with Crippen LogP contribution in [0.1, 0.15) is 5.56 Å². The van der Waals surface area contributed by atoms with E-state index in [2.05, 4.69) is 10.6 Å². The summed E-state index contributed by atoms with van der Waals surface area (Å²) < 4.78 is 26.1. The predicted molar refractivity (Wildman–Crippen MR) is 78.1 cm³/mol. The Morgan fingerprint density at radius 1 is 0.955 bits per heavy atom. The standard InChI is InChI=1S/C16H14F2N2O2/c17-12-6-7-14(13(18)9-12)20-16(22)10-19-15(21)8-11-4-2-1-3-5-11/h1-7,9H,8,10H2,(H,19,21)(H,20,22). The molecule has 0 heterocycles. The third-order valence-electron chi connectivity index (χ3n) is 2.86. The van der Waals surface area contributed by atoms with Crippen molar-refractivity contribution in [3.63, 3.8) is 0 Å². The molecule has 0 aromatic heterocycles. The Kier molecular flexibility index (Phi) is 5.19. The van der Waals surface area contributed by atoms with Gasteiger partial charge in [0.05, 0.1) is 18.7 Å². The summed E-state index contributed by atoms with van der Waals surface area (Å²) in [4.78, 5) is 23.3. The zero-order valence-corrected chi connectivity index (χ0v) is 11.6. The molecule has 0 aliphatic rings. The fraction of sp³-hybridized carbons (Fsp3) is 0.125. The molecule has 114 valence electrons. The van der Waals surface area contributed by atoms with Crippen LogP contribution < -0.4 is 10.6 Å². The van der Waals surface area contributed by atoms with Crippen LogP contribution in [0, 0.1) is 11.6 Å². The summed E-state index contributed by atoms with van der Waals surface area (Å²) >= 11 is 0. The highest BCUT2D eigenvalue weighted by molar-refractivity contribution is 5.94. The summed E-state index contributed by atoms with van der Waals surface area (Å²) in [6, 6.07) is 11.9. The molecule has 0 radical (unpaired) electrons. The van der Waals surface area contributed by atoms with Crippen molar-refractivity contribution in [1.29, 1.82) is 0 Å². The molecule has 0 spiro atoms. The normalized spacial score (nSPS) is 10.1. The van der Waals surface area contributed by atoms with E-state index in [9.17, 15) is 18.4 Å². The zero-order valence-electron chi connectivity index (χ0n) is 11.6. The minimum atomic E-state index is -0.871. The lowest BCUT2D eigenvalue weighted by Gasteiger charge is -2.08. The Morgan fingerprint density at radius 2 is 1.68 bits per heavy atom. The molecule has 22 heavy (non-hydrogen) atoms. The molecule has 0 fully saturated rings. The Labute approximate surface area is 126 Å². The van der Waals surface area contributed by atoms with Crippen LogP contribution in [-0.4, -0.2) is 18.4 Å². The first kappa shape index (κ1) is 15.6. The van der Waals surface area contributed by atoms with Gasteiger partial charge in [-0.15, -0.1) is 0 Å². The molecule has 0 saturated heterocycles. The van der Waals surface area contributed by atoms with Gasteiger partial charge in [-0.25, -0.2) is 8.78 Å². The number of hydrogen-bond donors (Lipinski definition) is 2. The fourth-order valence-electron chi connectivity index (χ4n) is 1.81. The largest absolute Gasteiger partial charge is 0.347 e. The van der Waals surface area contributed by atoms with Gasteiger partial charge in [-0.1, -0.05) is 30.3 Å². The van der Waals surface area contributed by atoms with Crippen molar-refractivity contribution >= 4 is 17.5 Å². The van der Waals surface area contributed by atoms with E-state index in [-0.39, 0.29) is 24.6 Å². The molecule has 2 aromatic carbocycles. The Hall–Kier alpha value is -2.76. The van der Waals surface area contributed by atoms with Gasteiger partial charge in [-0.3, -0.25) is 9.59 Å². The minimum Gasteiger partial charge on any atom is -0.347 e. The smallest absolute Gasteiger partial charge is 0.243 e. The van der Waals surface area contributed by atoms with Crippen LogP contribution in [0.2, 0.25) is 0 Å². The number of halogens is 2. The van der Waals surface area contributed by atoms with Gasteiger partial charge < -0.3 is 10.6 Å². The maximum Gasteiger partial charge on any atom is 0.243 e. The van der Waals surface area contributed by atoms with Crippen LogP contribution in [0.5, 0.6) is 0 Å². The van der Waals surface area contributed by atoms with Gasteiger partial charge in [0.15, 0.2) is 0 Å². The first-order chi connectivity index (χ1) is 10.5. The summed E-state index contributed by atoms with van der Waals surface area (Å²) in [5, 5.41) is 4.70. The van der Waals surface area contributed by atoms with Crippen LogP contribution in [0.25, 0.3) is 0 Å². The van der Waals surface area contributed by atoms with Crippen molar-refractivity contribution in [3.8, 4) is 0 Å². The molecule has 0 saturated carbocycles. The molecule has 0 atom stereocenters. The molecule has 0 unspecified atom stereocenters. The van der Waals surface area contributed by atoms with Crippen molar-refractivity contribution < 1.29 is 18.4 Å². The highest BCUT2D eigenvalue weighted by Crippen LogP contribution is 2.14. The molecule has 0 aliphatic carbocycles. The van der Waals surface area contributed by atoms with E-state index in [1.807, 2.05) is 18.2 Å². The number of amides is 2. The van der Waals surface area contributed by atoms with E-state index in [1.165, 1.54) is 0 Å². The van der Waals surface area contributed by atoms with E-state index in [0.717, 1.165) is 17.7 Å². The molecular weight excluding hydrogens is 290 g/mol. The summed E-state index contributed by atoms with van der Waals surface area (Å²) in [6.45, 7) is -0.289. The first-order valence-electron chi connectivity index (χ1n) is 6.60. The van der Waals surface area contributed by atoms with Gasteiger partial charge in [-0.05, 0) is 17.7 Å². The highest BCUT2D eigenvalue weighted by Gasteiger charge is 2.09. The van der Waals surface area contributed by atoms with E-state index in [1.54, 1.807) is 12.1 Å². The maximum absolute atomic E-state index is 13.4. The molecule has 2 aromatic rings. The minimum absolute atomic E-state index is 0.135. The highest BCUT2D eigenvalue weighted by atomic mass is 19.1. The number of carbonyl (C=O) groups excluding carboxylic acids is 2. The number of carbonyl (C=O) groups is 2. The zero-order chi connectivity index (χ0) is 15.9. The second kappa shape index (κ2) is 7.31. The molecule has 0 bridgehead atoms. The molecule has 2 amide bonds. The number of nitrogens with one attached hydrogen (secondary N) is 2. The number of hydrogen-bond acceptors (Lipinski definition) is 2. The van der Waals surface area contributed by atoms with Crippen molar-refractivity contribution in [2.75, 3.05) is 11.9 Å². The number of anilines is 1. The average Bonchev–Trinajstić information content (AvgIpc) is 2.49. The lowest BCUT2D eigenvalue weighted by molar-refractivity contribution is -0.123. The van der Waals surface area contributed by atoms with Gasteiger partial charge in [0.2, 0.25) is 11.8 Å². The lowest BCUT2D eigenvalue weighted by atomic mass is 10.1. The topological polar surface area (TPSA) is 58.2 Å². The second-order valence-electron chi connectivity index (χ2n) is 4.61. The molecule has 2 rings (SSSR count). The van der Waals surface area contributed by atoms with Gasteiger partial charge in [0, 0.05) is 6.07 Å². The second-order valence-corrected chi connectivity index (χ2v) is 4.61. The van der Waals surface area contributed by atoms with Crippen LogP contribution in [0.4, 0.5) is 14.5 Å². The summed E-state index contributed by atoms with van der Waals surface area (Å²) in [6.07, 6.45) is 0.152. The van der Waals surface area contributed by atoms with Gasteiger partial charge in [0.25, 0.3) is 0 Å². The van der Waals surface area contributed by atoms with Crippen molar-refractivity contribution in [2.45, 2.75) is 6.42 Å². The first-order valence-corrected chi connectivity index (χ1v) is 6.60. The Balaban J connectivity index is 1.81. The van der Waals surface area contributed by atoms with E-state index in [4.69, 9.17) is 0 Å². The third-order valence-corrected chi connectivity index (χ3v) is 2.86. The Morgan fingerprint density at radius 3 is 2.36 bits per heavy atom. The van der Waals surface area contributed by atoms with Gasteiger partial charge >= 0.3 is 0 Å². The van der Waals surface area contributed by atoms with Crippen molar-refractivity contribution in [1.82, 2.24) is 5.32 Å². The molecule has 2 N–H and O–H groups in total. The lowest BCUT2D eigenvalue weighted by Crippen LogP contribution is -2.33. The maximum atomic E-state index is 13.4. The predicted octanol–water partition coefficient (Wildman–Crippen LogP) is 2.26. The summed E-state index contributed by atoms with van der Waals surface area (Å²) in [7, 11) is 0. The Bertz CT molecular complexity index is 675. The fourth-order valence-corrected chi connectivity index (χ4v) is 1.81.